The zero-order chi connectivity index (χ0) is 14.7. The summed E-state index contributed by atoms with van der Waals surface area (Å²) in [6.45, 7) is 2.78. The molecule has 2 aromatic rings. The van der Waals surface area contributed by atoms with Crippen molar-refractivity contribution in [2.45, 2.75) is 19.9 Å². The van der Waals surface area contributed by atoms with Crippen LogP contribution in [0.4, 0.5) is 5.69 Å². The van der Waals surface area contributed by atoms with Crippen molar-refractivity contribution in [2.24, 2.45) is 0 Å². The van der Waals surface area contributed by atoms with E-state index in [0.717, 1.165) is 13.0 Å². The lowest BCUT2D eigenvalue weighted by molar-refractivity contribution is 0.0694. The van der Waals surface area contributed by atoms with Gasteiger partial charge in [0.15, 0.2) is 11.5 Å². The Kier molecular flexibility index (Phi) is 4.14. The summed E-state index contributed by atoms with van der Waals surface area (Å²) in [6, 6.07) is 2.75. The van der Waals surface area contributed by atoms with E-state index in [1.54, 1.807) is 10.9 Å². The van der Waals surface area contributed by atoms with Gasteiger partial charge in [-0.1, -0.05) is 18.5 Å². The van der Waals surface area contributed by atoms with E-state index >= 15 is 0 Å². The van der Waals surface area contributed by atoms with Crippen molar-refractivity contribution < 1.29 is 14.6 Å². The topological polar surface area (TPSA) is 90.4 Å². The van der Waals surface area contributed by atoms with Crippen molar-refractivity contribution in [3.63, 3.8) is 0 Å². The number of hydrogen-bond acceptors (Lipinski definition) is 4. The smallest absolute Gasteiger partial charge is 0.339 e. The molecule has 0 amide bonds. The highest BCUT2D eigenvalue weighted by Crippen LogP contribution is 2.35. The van der Waals surface area contributed by atoms with Crippen LogP contribution in [-0.2, 0) is 6.54 Å². The lowest BCUT2D eigenvalue weighted by Gasteiger charge is -2.09. The fourth-order valence-corrected chi connectivity index (χ4v) is 2.01. The lowest BCUT2D eigenvalue weighted by Crippen LogP contribution is -2.02. The quantitative estimate of drug-likeness (QED) is 0.827. The summed E-state index contributed by atoms with van der Waals surface area (Å²) in [5.74, 6) is -0.674. The van der Waals surface area contributed by atoms with Crippen molar-refractivity contribution in [3.05, 3.63) is 35.1 Å². The molecule has 0 saturated carbocycles. The number of aromatic carboxylic acids is 1. The number of nitrogens with zero attached hydrogens (tertiary/aromatic N) is 2. The first kappa shape index (κ1) is 14.2. The summed E-state index contributed by atoms with van der Waals surface area (Å²) in [5, 5.41) is 13.4. The number of nitrogens with two attached hydrogens (primary N) is 1. The molecule has 2 rings (SSSR count). The Morgan fingerprint density at radius 2 is 2.30 bits per heavy atom. The summed E-state index contributed by atoms with van der Waals surface area (Å²) >= 11 is 6.00. The largest absolute Gasteiger partial charge is 0.478 e. The van der Waals surface area contributed by atoms with Crippen LogP contribution in [0, 0.1) is 0 Å². The first-order valence-corrected chi connectivity index (χ1v) is 6.41. The third-order valence-electron chi connectivity index (χ3n) is 2.58. The van der Waals surface area contributed by atoms with E-state index in [4.69, 9.17) is 27.2 Å². The van der Waals surface area contributed by atoms with Gasteiger partial charge in [0, 0.05) is 12.2 Å². The number of nitrogen functional groups attached to an aromatic ring is 1. The van der Waals surface area contributed by atoms with Crippen molar-refractivity contribution in [1.82, 2.24) is 9.78 Å². The number of benzene rings is 1. The number of anilines is 1. The number of aryl methyl sites for hydroxylation is 1. The van der Waals surface area contributed by atoms with Gasteiger partial charge < -0.3 is 15.6 Å². The molecule has 20 heavy (non-hydrogen) atoms. The molecule has 6 nitrogen and oxygen atoms in total. The van der Waals surface area contributed by atoms with E-state index in [0.29, 0.717) is 5.75 Å². The van der Waals surface area contributed by atoms with Crippen LogP contribution in [0.2, 0.25) is 5.02 Å². The lowest BCUT2D eigenvalue weighted by atomic mass is 10.2. The predicted molar refractivity (Wildman–Crippen MR) is 75.4 cm³/mol. The molecule has 0 aliphatic carbocycles. The van der Waals surface area contributed by atoms with Gasteiger partial charge in [-0.05, 0) is 18.6 Å². The number of hydrogen-bond donors (Lipinski definition) is 2. The number of aromatic nitrogens is 2. The summed E-state index contributed by atoms with van der Waals surface area (Å²) in [5.41, 5.74) is 5.76. The minimum absolute atomic E-state index is 0.0596. The third kappa shape index (κ3) is 3.03. The van der Waals surface area contributed by atoms with E-state index in [1.807, 2.05) is 6.92 Å². The normalized spacial score (nSPS) is 10.5. The zero-order valence-corrected chi connectivity index (χ0v) is 11.6. The van der Waals surface area contributed by atoms with E-state index in [2.05, 4.69) is 5.10 Å². The molecule has 106 valence electrons. The summed E-state index contributed by atoms with van der Waals surface area (Å²) in [7, 11) is 0. The highest BCUT2D eigenvalue weighted by atomic mass is 35.5. The van der Waals surface area contributed by atoms with Crippen molar-refractivity contribution in [3.8, 4) is 11.5 Å². The van der Waals surface area contributed by atoms with Crippen LogP contribution in [0.1, 0.15) is 23.7 Å². The van der Waals surface area contributed by atoms with Gasteiger partial charge in [-0.25, -0.2) is 4.79 Å². The predicted octanol–water partition coefficient (Wildman–Crippen LogP) is 3.02. The summed E-state index contributed by atoms with van der Waals surface area (Å²) in [6.07, 6.45) is 4.12. The number of carboxylic acids is 1. The second-order valence-corrected chi connectivity index (χ2v) is 4.63. The van der Waals surface area contributed by atoms with Crippen LogP contribution in [0.5, 0.6) is 11.5 Å². The molecular weight excluding hydrogens is 282 g/mol. The maximum Gasteiger partial charge on any atom is 0.339 e. The fourth-order valence-electron chi connectivity index (χ4n) is 1.74. The van der Waals surface area contributed by atoms with E-state index < -0.39 is 5.97 Å². The van der Waals surface area contributed by atoms with Gasteiger partial charge >= 0.3 is 5.97 Å². The molecule has 0 atom stereocenters. The van der Waals surface area contributed by atoms with Gasteiger partial charge in [0.05, 0.1) is 17.4 Å². The molecule has 0 aliphatic rings. The van der Waals surface area contributed by atoms with Gasteiger partial charge in [0.25, 0.3) is 0 Å². The molecule has 0 fully saturated rings. The molecule has 0 unspecified atom stereocenters. The third-order valence-corrected chi connectivity index (χ3v) is 2.86. The van der Waals surface area contributed by atoms with Gasteiger partial charge in [0.1, 0.15) is 5.56 Å². The first-order chi connectivity index (χ1) is 9.51. The molecule has 1 aromatic heterocycles. The molecule has 0 radical (unpaired) electrons. The van der Waals surface area contributed by atoms with Crippen LogP contribution >= 0.6 is 11.6 Å². The fraction of sp³-hybridized carbons (Fsp3) is 0.231. The zero-order valence-electron chi connectivity index (χ0n) is 10.8. The Bertz CT molecular complexity index is 640. The number of halogens is 1. The molecule has 0 bridgehead atoms. The maximum absolute atomic E-state index is 11.2. The Hall–Kier alpha value is -2.21. The monoisotopic (exact) mass is 295 g/mol. The van der Waals surface area contributed by atoms with Crippen molar-refractivity contribution in [2.75, 3.05) is 5.73 Å². The Morgan fingerprint density at radius 3 is 2.95 bits per heavy atom. The molecule has 7 heteroatoms. The van der Waals surface area contributed by atoms with Gasteiger partial charge in [-0.15, -0.1) is 0 Å². The van der Waals surface area contributed by atoms with E-state index in [9.17, 15) is 4.79 Å². The van der Waals surface area contributed by atoms with Crippen LogP contribution in [-0.4, -0.2) is 20.9 Å². The molecule has 3 N–H and O–H groups in total. The maximum atomic E-state index is 11.2. The molecule has 0 spiro atoms. The Balaban J connectivity index is 2.34. The number of carboxylic acid groups (broad SMARTS) is 1. The SMILES string of the molecule is CCCn1cc(Oc2c(Cl)cc(N)cc2C(=O)O)cn1. The van der Waals surface area contributed by atoms with E-state index in [-0.39, 0.29) is 22.0 Å². The number of ether oxygens (including phenoxy) is 1. The molecule has 0 saturated heterocycles. The van der Waals surface area contributed by atoms with Crippen molar-refractivity contribution >= 4 is 23.3 Å². The van der Waals surface area contributed by atoms with Crippen LogP contribution in [0.3, 0.4) is 0 Å². The summed E-state index contributed by atoms with van der Waals surface area (Å²) in [4.78, 5) is 11.2. The minimum atomic E-state index is -1.16. The average molecular weight is 296 g/mol. The highest BCUT2D eigenvalue weighted by Gasteiger charge is 2.17. The van der Waals surface area contributed by atoms with Crippen LogP contribution < -0.4 is 10.5 Å². The van der Waals surface area contributed by atoms with Crippen LogP contribution in [0.25, 0.3) is 0 Å². The molecule has 1 aromatic carbocycles. The Morgan fingerprint density at radius 1 is 1.55 bits per heavy atom. The highest BCUT2D eigenvalue weighted by molar-refractivity contribution is 6.33. The second-order valence-electron chi connectivity index (χ2n) is 4.23. The second kappa shape index (κ2) is 5.83. The van der Waals surface area contributed by atoms with Crippen molar-refractivity contribution in [1.29, 1.82) is 0 Å². The number of rotatable bonds is 5. The van der Waals surface area contributed by atoms with Gasteiger partial charge in [-0.3, -0.25) is 4.68 Å². The average Bonchev–Trinajstić information content (AvgIpc) is 2.80. The standard InChI is InChI=1S/C13H14ClN3O3/c1-2-3-17-7-9(6-16-17)20-12-10(13(18)19)4-8(15)5-11(12)14/h4-7H,2-3,15H2,1H3,(H,18,19). The first-order valence-electron chi connectivity index (χ1n) is 6.04. The van der Waals surface area contributed by atoms with E-state index in [1.165, 1.54) is 18.3 Å². The number of carbonyl (C=O) groups is 1. The van der Waals surface area contributed by atoms with Gasteiger partial charge in [-0.2, -0.15) is 5.10 Å². The Labute approximate surface area is 120 Å². The molecular formula is C13H14ClN3O3. The minimum Gasteiger partial charge on any atom is -0.478 e. The molecule has 1 heterocycles. The summed E-state index contributed by atoms with van der Waals surface area (Å²) < 4.78 is 7.24. The van der Waals surface area contributed by atoms with Crippen LogP contribution in [0.15, 0.2) is 24.5 Å². The van der Waals surface area contributed by atoms with Gasteiger partial charge in [0.2, 0.25) is 0 Å². The molecule has 0 aliphatic heterocycles.